The van der Waals surface area contributed by atoms with E-state index in [1.165, 1.54) is 6.07 Å². The van der Waals surface area contributed by atoms with Crippen molar-refractivity contribution in [3.63, 3.8) is 0 Å². The third-order valence-electron chi connectivity index (χ3n) is 12.2. The monoisotopic (exact) mass is 810 g/mol. The SMILES string of the molecule is Cc1ccc(-c2ccc3c4ccccc4n(-c4cc(-c5cc(C#N)cc(C(F)(F)F)c5)c(-n5c6ccccc6c6ccc(-c7ccc(C)cc7C)cc65)cc4C#N)c3c2)c(C)c1. The number of para-hydroxylation sites is 2. The number of hydrogen-bond donors (Lipinski definition) is 0. The molecule has 0 saturated heterocycles. The number of halogens is 3. The van der Waals surface area contributed by atoms with Crippen molar-refractivity contribution < 1.29 is 13.2 Å². The van der Waals surface area contributed by atoms with Crippen LogP contribution in [0.25, 0.3) is 88.4 Å². The van der Waals surface area contributed by atoms with Crippen LogP contribution in [0.2, 0.25) is 0 Å². The van der Waals surface area contributed by atoms with Crippen LogP contribution in [0, 0.1) is 50.4 Å². The average molecular weight is 811 g/mol. The number of nitriles is 2. The number of nitrogens with zero attached hydrogens (tertiary/aromatic N) is 4. The van der Waals surface area contributed by atoms with Gasteiger partial charge in [0.15, 0.2) is 0 Å². The number of fused-ring (bicyclic) bond motifs is 6. The van der Waals surface area contributed by atoms with E-state index in [2.05, 4.69) is 107 Å². The van der Waals surface area contributed by atoms with Crippen LogP contribution in [0.3, 0.4) is 0 Å². The lowest BCUT2D eigenvalue weighted by Crippen LogP contribution is -2.07. The summed E-state index contributed by atoms with van der Waals surface area (Å²) in [5, 5.41) is 25.1. The minimum Gasteiger partial charge on any atom is -0.309 e. The molecular formula is C55H37F3N4. The molecule has 62 heavy (non-hydrogen) atoms. The molecule has 0 aliphatic carbocycles. The van der Waals surface area contributed by atoms with Crippen molar-refractivity contribution in [3.05, 3.63) is 191 Å². The molecule has 2 aromatic heterocycles. The molecule has 10 aromatic rings. The maximum absolute atomic E-state index is 14.7. The Morgan fingerprint density at radius 1 is 0.435 bits per heavy atom. The lowest BCUT2D eigenvalue weighted by Gasteiger charge is -2.20. The zero-order chi connectivity index (χ0) is 43.0. The zero-order valence-electron chi connectivity index (χ0n) is 34.4. The van der Waals surface area contributed by atoms with Crippen molar-refractivity contribution >= 4 is 43.6 Å². The van der Waals surface area contributed by atoms with Crippen LogP contribution in [0.4, 0.5) is 13.2 Å². The Morgan fingerprint density at radius 3 is 1.45 bits per heavy atom. The fourth-order valence-electron chi connectivity index (χ4n) is 9.35. The summed E-state index contributed by atoms with van der Waals surface area (Å²) in [6, 6.07) is 52.8. The average Bonchev–Trinajstić information content (AvgIpc) is 3.77. The molecule has 10 rings (SSSR count). The first-order valence-electron chi connectivity index (χ1n) is 20.3. The van der Waals surface area contributed by atoms with Gasteiger partial charge in [-0.15, -0.1) is 0 Å². The van der Waals surface area contributed by atoms with Crippen molar-refractivity contribution in [1.82, 2.24) is 9.13 Å². The molecule has 0 N–H and O–H groups in total. The van der Waals surface area contributed by atoms with E-state index in [4.69, 9.17) is 0 Å². The number of alkyl halides is 3. The molecule has 0 bridgehead atoms. The van der Waals surface area contributed by atoms with Gasteiger partial charge in [0.1, 0.15) is 6.07 Å². The third-order valence-corrected chi connectivity index (χ3v) is 12.2. The summed E-state index contributed by atoms with van der Waals surface area (Å²) >= 11 is 0. The highest BCUT2D eigenvalue weighted by atomic mass is 19.4. The highest BCUT2D eigenvalue weighted by Crippen LogP contribution is 2.44. The van der Waals surface area contributed by atoms with E-state index < -0.39 is 11.7 Å². The fraction of sp³-hybridized carbons (Fsp3) is 0.0909. The summed E-state index contributed by atoms with van der Waals surface area (Å²) in [5.41, 5.74) is 12.9. The maximum atomic E-state index is 14.7. The standard InChI is InChI=1S/C55H37F3N4/c1-32-13-17-42(34(3)21-32)37-15-19-46-44-9-5-7-11-49(44)61(52(46)26-37)51-29-48(39-23-36(30-59)24-41(25-39)55(56,57)58)54(28-40(51)31-60)62-50-12-8-6-10-45(50)47-20-16-38(27-53(47)62)43-18-14-33(2)22-35(43)4/h5-29H,1-4H3. The van der Waals surface area contributed by atoms with Gasteiger partial charge in [0.25, 0.3) is 0 Å². The minimum atomic E-state index is -4.72. The minimum absolute atomic E-state index is 0.124. The molecule has 0 radical (unpaired) electrons. The lowest BCUT2D eigenvalue weighted by molar-refractivity contribution is -0.137. The van der Waals surface area contributed by atoms with Gasteiger partial charge >= 0.3 is 6.18 Å². The van der Waals surface area contributed by atoms with Crippen LogP contribution in [0.1, 0.15) is 38.9 Å². The second-order valence-corrected chi connectivity index (χ2v) is 16.2. The Kier molecular flexibility index (Phi) is 8.91. The van der Waals surface area contributed by atoms with Crippen LogP contribution >= 0.6 is 0 Å². The van der Waals surface area contributed by atoms with E-state index in [9.17, 15) is 23.7 Å². The van der Waals surface area contributed by atoms with E-state index in [0.717, 1.165) is 100 Å². The van der Waals surface area contributed by atoms with Crippen molar-refractivity contribution in [1.29, 1.82) is 10.5 Å². The van der Waals surface area contributed by atoms with Crippen LogP contribution in [-0.2, 0) is 6.18 Å². The van der Waals surface area contributed by atoms with Gasteiger partial charge in [0.05, 0.1) is 56.2 Å². The zero-order valence-corrected chi connectivity index (χ0v) is 34.4. The molecule has 298 valence electrons. The van der Waals surface area contributed by atoms with Crippen molar-refractivity contribution in [2.75, 3.05) is 0 Å². The third kappa shape index (κ3) is 6.21. The van der Waals surface area contributed by atoms with Gasteiger partial charge in [-0.05, 0) is 121 Å². The van der Waals surface area contributed by atoms with Crippen molar-refractivity contribution in [2.24, 2.45) is 0 Å². The summed E-state index contributed by atoms with van der Waals surface area (Å²) in [4.78, 5) is 0. The highest BCUT2D eigenvalue weighted by molar-refractivity contribution is 6.12. The molecule has 2 heterocycles. The normalized spacial score (nSPS) is 11.8. The van der Waals surface area contributed by atoms with Crippen LogP contribution in [-0.4, -0.2) is 9.13 Å². The number of aromatic nitrogens is 2. The molecule has 0 unspecified atom stereocenters. The topological polar surface area (TPSA) is 57.4 Å². The summed E-state index contributed by atoms with van der Waals surface area (Å²) in [5.74, 6) is 0. The van der Waals surface area contributed by atoms with E-state index in [-0.39, 0.29) is 11.1 Å². The number of aryl methyl sites for hydroxylation is 4. The Morgan fingerprint density at radius 2 is 0.952 bits per heavy atom. The summed E-state index contributed by atoms with van der Waals surface area (Å²) < 4.78 is 48.2. The molecular weight excluding hydrogens is 774 g/mol. The largest absolute Gasteiger partial charge is 0.416 e. The number of rotatable bonds is 5. The predicted molar refractivity (Wildman–Crippen MR) is 245 cm³/mol. The summed E-state index contributed by atoms with van der Waals surface area (Å²) in [7, 11) is 0. The Bertz CT molecular complexity index is 3590. The van der Waals surface area contributed by atoms with Gasteiger partial charge in [-0.2, -0.15) is 23.7 Å². The smallest absolute Gasteiger partial charge is 0.309 e. The van der Waals surface area contributed by atoms with Gasteiger partial charge in [0.2, 0.25) is 0 Å². The van der Waals surface area contributed by atoms with Gasteiger partial charge in [-0.1, -0.05) is 108 Å². The van der Waals surface area contributed by atoms with Crippen molar-refractivity contribution in [3.8, 4) is 56.9 Å². The van der Waals surface area contributed by atoms with Crippen molar-refractivity contribution in [2.45, 2.75) is 33.9 Å². The molecule has 0 spiro atoms. The molecule has 0 fully saturated rings. The molecule has 0 aliphatic heterocycles. The van der Waals surface area contributed by atoms with Gasteiger partial charge in [-0.25, -0.2) is 0 Å². The van der Waals surface area contributed by atoms with Gasteiger partial charge < -0.3 is 9.13 Å². The summed E-state index contributed by atoms with van der Waals surface area (Å²) in [6.07, 6.45) is -4.72. The first-order valence-corrected chi connectivity index (χ1v) is 20.3. The molecule has 8 aromatic carbocycles. The van der Waals surface area contributed by atoms with E-state index in [1.54, 1.807) is 6.07 Å². The molecule has 4 nitrogen and oxygen atoms in total. The Hall–Kier alpha value is -7.87. The lowest BCUT2D eigenvalue weighted by atomic mass is 9.95. The fourth-order valence-corrected chi connectivity index (χ4v) is 9.35. The number of benzene rings is 8. The quantitative estimate of drug-likeness (QED) is 0.174. The van der Waals surface area contributed by atoms with Crippen LogP contribution in [0.5, 0.6) is 0 Å². The maximum Gasteiger partial charge on any atom is 0.416 e. The number of hydrogen-bond acceptors (Lipinski definition) is 2. The van der Waals surface area contributed by atoms with E-state index >= 15 is 0 Å². The molecule has 0 saturated carbocycles. The van der Waals surface area contributed by atoms with Gasteiger partial charge in [0, 0.05) is 27.1 Å². The Labute approximate surface area is 356 Å². The van der Waals surface area contributed by atoms with E-state index in [0.29, 0.717) is 22.5 Å². The predicted octanol–water partition coefficient (Wildman–Crippen LogP) is 14.9. The molecule has 0 aliphatic rings. The highest BCUT2D eigenvalue weighted by Gasteiger charge is 2.32. The molecule has 7 heteroatoms. The second-order valence-electron chi connectivity index (χ2n) is 16.2. The molecule has 0 amide bonds. The van der Waals surface area contributed by atoms with Crippen LogP contribution < -0.4 is 0 Å². The first kappa shape index (κ1) is 38.3. The summed E-state index contributed by atoms with van der Waals surface area (Å²) in [6.45, 7) is 8.29. The van der Waals surface area contributed by atoms with Gasteiger partial charge in [-0.3, -0.25) is 0 Å². The Balaban J connectivity index is 1.34. The first-order chi connectivity index (χ1) is 29.9. The second kappa shape index (κ2) is 14.4. The molecule has 0 atom stereocenters. The van der Waals surface area contributed by atoms with E-state index in [1.807, 2.05) is 69.8 Å². The van der Waals surface area contributed by atoms with Crippen LogP contribution in [0.15, 0.2) is 152 Å².